The number of benzene rings is 1. The number of alkyl halides is 3. The van der Waals surface area contributed by atoms with Gasteiger partial charge in [0.05, 0.1) is 11.6 Å². The van der Waals surface area contributed by atoms with Gasteiger partial charge in [-0.1, -0.05) is 13.0 Å². The quantitative estimate of drug-likeness (QED) is 0.308. The molecule has 1 aliphatic carbocycles. The maximum Gasteiger partial charge on any atom is 0.419 e. The Morgan fingerprint density at radius 1 is 1.29 bits per heavy atom. The van der Waals surface area contributed by atoms with Crippen LogP contribution in [0.5, 0.6) is 11.8 Å². The Bertz CT molecular complexity index is 1150. The van der Waals surface area contributed by atoms with Crippen molar-refractivity contribution in [3.05, 3.63) is 29.6 Å². The van der Waals surface area contributed by atoms with Crippen molar-refractivity contribution in [2.45, 2.75) is 52.4 Å². The first-order valence-electron chi connectivity index (χ1n) is 11.1. The fourth-order valence-electron chi connectivity index (χ4n) is 4.85. The molecule has 2 aliphatic heterocycles. The number of halogens is 4. The lowest BCUT2D eigenvalue weighted by Crippen LogP contribution is -2.68. The zero-order valence-corrected chi connectivity index (χ0v) is 19.7. The third-order valence-electron chi connectivity index (χ3n) is 6.34. The van der Waals surface area contributed by atoms with E-state index in [4.69, 9.17) is 20.3 Å². The summed E-state index contributed by atoms with van der Waals surface area (Å²) in [6.45, 7) is 8.21. The molecule has 0 radical (unpaired) electrons. The maximum absolute atomic E-state index is 14.5. The van der Waals surface area contributed by atoms with Crippen molar-refractivity contribution in [2.24, 2.45) is 11.3 Å². The Kier molecular flexibility index (Phi) is 6.14. The zero-order chi connectivity index (χ0) is 25.7. The van der Waals surface area contributed by atoms with Crippen LogP contribution in [0.25, 0.3) is 0 Å². The van der Waals surface area contributed by atoms with Crippen molar-refractivity contribution >= 4 is 17.9 Å². The molecule has 5 rings (SSSR count). The highest BCUT2D eigenvalue weighted by Gasteiger charge is 2.56. The molecular formula is C22H27F4N7O2. The summed E-state index contributed by atoms with van der Waals surface area (Å²) in [6.07, 6.45) is -3.94. The fraction of sp³-hybridized carbons (Fsp3) is 0.545. The van der Waals surface area contributed by atoms with E-state index in [0.717, 1.165) is 18.6 Å². The molecule has 190 valence electrons. The number of aromatic nitrogens is 3. The first kappa shape index (κ1) is 24.7. The summed E-state index contributed by atoms with van der Waals surface area (Å²) in [4.78, 5) is 6.08. The van der Waals surface area contributed by atoms with Crippen molar-refractivity contribution in [2.75, 3.05) is 18.4 Å². The predicted molar refractivity (Wildman–Crippen MR) is 119 cm³/mol. The summed E-state index contributed by atoms with van der Waals surface area (Å²) in [5.41, 5.74) is -1.64. The number of ether oxygens (including phenoxy) is 2. The second-order valence-electron chi connectivity index (χ2n) is 9.56. The first-order chi connectivity index (χ1) is 16.3. The van der Waals surface area contributed by atoms with E-state index in [-0.39, 0.29) is 47.3 Å². The highest BCUT2D eigenvalue weighted by atomic mass is 19.4. The van der Waals surface area contributed by atoms with Gasteiger partial charge in [0, 0.05) is 31.5 Å². The molecule has 9 nitrogen and oxygen atoms in total. The van der Waals surface area contributed by atoms with Crippen LogP contribution in [0.15, 0.2) is 18.2 Å². The second-order valence-corrected chi connectivity index (χ2v) is 9.56. The second kappa shape index (κ2) is 8.68. The average Bonchev–Trinajstić information content (AvgIpc) is 3.15. The maximum atomic E-state index is 14.5. The fourth-order valence-corrected chi connectivity index (χ4v) is 4.85. The summed E-state index contributed by atoms with van der Waals surface area (Å²) in [5.74, 6) is -1.78. The van der Waals surface area contributed by atoms with Crippen LogP contribution in [-0.4, -0.2) is 50.7 Å². The molecule has 1 aromatic heterocycles. The van der Waals surface area contributed by atoms with Crippen LogP contribution < -0.4 is 10.1 Å². The molecule has 3 fully saturated rings. The standard InChI is InChI=1S/C22H27F4N7O2/c1-11(2)33-20(35-15-7-5-6-14(16(15)23)22(24,25)26)30-19(31-33)29-17-13-8-21(17,4)10-32(9-13)18(28)34-12(3)27/h5-7,11,13,17,27-28H,8-10H2,1-4H3,(H,29,31)/t13-,17-,21?/m0/s1. The molecule has 3 atom stereocenters. The average molecular weight is 497 g/mol. The first-order valence-corrected chi connectivity index (χ1v) is 11.1. The Balaban J connectivity index is 1.52. The van der Waals surface area contributed by atoms with Crippen molar-refractivity contribution in [1.82, 2.24) is 19.7 Å². The molecule has 3 aliphatic rings. The van der Waals surface area contributed by atoms with Gasteiger partial charge in [0.1, 0.15) is 0 Å². The van der Waals surface area contributed by atoms with Gasteiger partial charge in [-0.05, 0) is 38.3 Å². The lowest BCUT2D eigenvalue weighted by molar-refractivity contribution is -0.140. The van der Waals surface area contributed by atoms with E-state index in [1.54, 1.807) is 18.7 Å². The number of anilines is 1. The summed E-state index contributed by atoms with van der Waals surface area (Å²) >= 11 is 0. The number of piperidine rings is 2. The molecule has 1 unspecified atom stereocenters. The van der Waals surface area contributed by atoms with Crippen molar-refractivity contribution in [3.63, 3.8) is 0 Å². The number of nitrogens with zero attached hydrogens (tertiary/aromatic N) is 4. The van der Waals surface area contributed by atoms with Crippen LogP contribution in [0.4, 0.5) is 23.5 Å². The Morgan fingerprint density at radius 3 is 2.60 bits per heavy atom. The van der Waals surface area contributed by atoms with Gasteiger partial charge < -0.3 is 19.7 Å². The van der Waals surface area contributed by atoms with Crippen LogP contribution in [0.1, 0.15) is 45.7 Å². The Morgan fingerprint density at radius 2 is 2.00 bits per heavy atom. The Hall–Kier alpha value is -3.38. The minimum Gasteiger partial charge on any atom is -0.421 e. The lowest BCUT2D eigenvalue weighted by Gasteiger charge is -2.60. The van der Waals surface area contributed by atoms with Crippen LogP contribution in [-0.2, 0) is 10.9 Å². The summed E-state index contributed by atoms with van der Waals surface area (Å²) < 4.78 is 65.7. The largest absolute Gasteiger partial charge is 0.421 e. The third kappa shape index (κ3) is 4.76. The lowest BCUT2D eigenvalue weighted by atomic mass is 9.56. The number of nitrogens with one attached hydrogen (secondary N) is 3. The highest BCUT2D eigenvalue weighted by molar-refractivity contribution is 5.86. The van der Waals surface area contributed by atoms with Crippen molar-refractivity contribution in [3.8, 4) is 11.8 Å². The number of hydrogen-bond acceptors (Lipinski definition) is 7. The van der Waals surface area contributed by atoms with Gasteiger partial charge in [-0.15, -0.1) is 5.10 Å². The number of hydrogen-bond donors (Lipinski definition) is 3. The number of amidine groups is 1. The van der Waals surface area contributed by atoms with Gasteiger partial charge >= 0.3 is 12.2 Å². The summed E-state index contributed by atoms with van der Waals surface area (Å²) in [6, 6.07) is 2.36. The van der Waals surface area contributed by atoms with Crippen molar-refractivity contribution < 1.29 is 27.0 Å². The normalized spacial score (nSPS) is 23.6. The number of fused-ring (bicyclic) bond motifs is 2. The molecule has 0 spiro atoms. The molecule has 35 heavy (non-hydrogen) atoms. The zero-order valence-electron chi connectivity index (χ0n) is 19.7. The SMILES string of the molecule is CC(=N)OC(=N)N1C[C@@H]2CC(C)(C1)[C@H]2Nc1nc(Oc2cccc(C(F)(F)F)c2F)n(C(C)C)n1. The number of rotatable bonds is 5. The Labute approximate surface area is 199 Å². The molecule has 13 heteroatoms. The smallest absolute Gasteiger partial charge is 0.419 e. The van der Waals surface area contributed by atoms with Gasteiger partial charge in [-0.2, -0.15) is 18.2 Å². The molecule has 1 saturated carbocycles. The van der Waals surface area contributed by atoms with Crippen LogP contribution in [0.2, 0.25) is 0 Å². The van der Waals surface area contributed by atoms with Crippen molar-refractivity contribution in [1.29, 1.82) is 10.8 Å². The van der Waals surface area contributed by atoms with Crippen LogP contribution in [0.3, 0.4) is 0 Å². The van der Waals surface area contributed by atoms with E-state index in [2.05, 4.69) is 22.3 Å². The minimum atomic E-state index is -4.86. The van der Waals surface area contributed by atoms with E-state index in [0.29, 0.717) is 19.2 Å². The van der Waals surface area contributed by atoms with Crippen LogP contribution in [0, 0.1) is 28.0 Å². The highest BCUT2D eigenvalue weighted by Crippen LogP contribution is 2.51. The van der Waals surface area contributed by atoms with Gasteiger partial charge in [0.25, 0.3) is 6.02 Å². The van der Waals surface area contributed by atoms with Gasteiger partial charge in [0.2, 0.25) is 5.95 Å². The van der Waals surface area contributed by atoms with E-state index in [1.165, 1.54) is 11.6 Å². The molecule has 3 heterocycles. The molecule has 0 amide bonds. The van der Waals surface area contributed by atoms with E-state index < -0.39 is 23.3 Å². The van der Waals surface area contributed by atoms with E-state index >= 15 is 0 Å². The summed E-state index contributed by atoms with van der Waals surface area (Å²) in [5, 5.41) is 23.2. The molecule has 2 aromatic rings. The predicted octanol–water partition coefficient (Wildman–Crippen LogP) is 4.88. The molecule has 2 bridgehead atoms. The van der Waals surface area contributed by atoms with Gasteiger partial charge in [0.15, 0.2) is 17.5 Å². The van der Waals surface area contributed by atoms with Gasteiger partial charge in [-0.3, -0.25) is 10.8 Å². The van der Waals surface area contributed by atoms with E-state index in [9.17, 15) is 17.6 Å². The van der Waals surface area contributed by atoms with E-state index in [1.807, 2.05) is 0 Å². The third-order valence-corrected chi connectivity index (χ3v) is 6.34. The topological polar surface area (TPSA) is 112 Å². The monoisotopic (exact) mass is 497 g/mol. The van der Waals surface area contributed by atoms with Crippen LogP contribution >= 0.6 is 0 Å². The molecular weight excluding hydrogens is 470 g/mol. The molecule has 2 saturated heterocycles. The molecule has 1 aromatic carbocycles. The minimum absolute atomic E-state index is 0.0196. The van der Waals surface area contributed by atoms with Gasteiger partial charge in [-0.25, -0.2) is 9.07 Å². The summed E-state index contributed by atoms with van der Waals surface area (Å²) in [7, 11) is 0. The molecule has 3 N–H and O–H groups in total.